The highest BCUT2D eigenvalue weighted by Gasteiger charge is 2.13. The molecule has 1 unspecified atom stereocenters. The fourth-order valence-electron chi connectivity index (χ4n) is 1.46. The number of hydrogen-bond donors (Lipinski definition) is 1. The Hall–Kier alpha value is -0.540. The molecule has 1 aliphatic heterocycles. The second-order valence-corrected chi connectivity index (χ2v) is 4.45. The molecule has 0 bridgehead atoms. The minimum Gasteiger partial charge on any atom is -0.309 e. The zero-order valence-corrected chi connectivity index (χ0v) is 8.39. The third-order valence-corrected chi connectivity index (χ3v) is 3.44. The van der Waals surface area contributed by atoms with Crippen LogP contribution in [0.1, 0.15) is 12.0 Å². The number of rotatable bonds is 3. The quantitative estimate of drug-likeness (QED) is 0.792. The van der Waals surface area contributed by atoms with Crippen molar-refractivity contribution in [3.05, 3.63) is 30.1 Å². The van der Waals surface area contributed by atoms with E-state index in [9.17, 15) is 0 Å². The number of nitrogens with one attached hydrogen (secondary N) is 1. The van der Waals surface area contributed by atoms with Gasteiger partial charge in [-0.1, -0.05) is 0 Å². The first kappa shape index (κ1) is 9.03. The van der Waals surface area contributed by atoms with Gasteiger partial charge in [-0.05, 0) is 29.9 Å². The molecular formula is C10H14N2S. The fourth-order valence-corrected chi connectivity index (χ4v) is 2.65. The standard InChI is InChI=1S/C10H14N2S/c1-4-11-5-2-9(1)7-12-10-3-6-13-8-10/h1-2,4-5,10,12H,3,6-8H2. The molecule has 0 aromatic carbocycles. The Kier molecular flexibility index (Phi) is 3.22. The molecule has 1 aromatic rings. The average molecular weight is 194 g/mol. The molecule has 0 amide bonds. The number of pyridine rings is 1. The van der Waals surface area contributed by atoms with Crippen LogP contribution in [0.3, 0.4) is 0 Å². The first-order chi connectivity index (χ1) is 6.45. The van der Waals surface area contributed by atoms with Gasteiger partial charge in [-0.3, -0.25) is 4.98 Å². The van der Waals surface area contributed by atoms with Gasteiger partial charge in [-0.15, -0.1) is 0 Å². The lowest BCUT2D eigenvalue weighted by Crippen LogP contribution is -2.27. The normalized spacial score (nSPS) is 22.0. The predicted molar refractivity (Wildman–Crippen MR) is 56.8 cm³/mol. The molecule has 1 atom stereocenters. The van der Waals surface area contributed by atoms with Crippen molar-refractivity contribution in [2.75, 3.05) is 11.5 Å². The number of nitrogens with zero attached hydrogens (tertiary/aromatic N) is 1. The largest absolute Gasteiger partial charge is 0.309 e. The Morgan fingerprint density at radius 1 is 1.46 bits per heavy atom. The van der Waals surface area contributed by atoms with Crippen LogP contribution in [0.2, 0.25) is 0 Å². The van der Waals surface area contributed by atoms with E-state index in [1.54, 1.807) is 0 Å². The van der Waals surface area contributed by atoms with Crippen LogP contribution in [0.25, 0.3) is 0 Å². The lowest BCUT2D eigenvalue weighted by atomic mass is 10.2. The van der Waals surface area contributed by atoms with Crippen molar-refractivity contribution < 1.29 is 0 Å². The first-order valence-corrected chi connectivity index (χ1v) is 5.80. The van der Waals surface area contributed by atoms with Gasteiger partial charge in [0.1, 0.15) is 0 Å². The summed E-state index contributed by atoms with van der Waals surface area (Å²) in [6.07, 6.45) is 5.01. The van der Waals surface area contributed by atoms with E-state index in [4.69, 9.17) is 0 Å². The van der Waals surface area contributed by atoms with Crippen molar-refractivity contribution in [2.24, 2.45) is 0 Å². The molecule has 1 fully saturated rings. The molecule has 2 nitrogen and oxygen atoms in total. The van der Waals surface area contributed by atoms with Gasteiger partial charge in [0, 0.05) is 30.7 Å². The van der Waals surface area contributed by atoms with Gasteiger partial charge in [0.15, 0.2) is 0 Å². The van der Waals surface area contributed by atoms with Gasteiger partial charge in [0.25, 0.3) is 0 Å². The van der Waals surface area contributed by atoms with Crippen molar-refractivity contribution in [1.29, 1.82) is 0 Å². The van der Waals surface area contributed by atoms with E-state index in [-0.39, 0.29) is 0 Å². The first-order valence-electron chi connectivity index (χ1n) is 4.65. The Labute approximate surface area is 83.1 Å². The molecule has 70 valence electrons. The van der Waals surface area contributed by atoms with E-state index in [2.05, 4.69) is 22.4 Å². The molecule has 2 heterocycles. The highest BCUT2D eigenvalue weighted by molar-refractivity contribution is 7.99. The van der Waals surface area contributed by atoms with Crippen LogP contribution in [-0.4, -0.2) is 22.5 Å². The fraction of sp³-hybridized carbons (Fsp3) is 0.500. The van der Waals surface area contributed by atoms with E-state index in [0.717, 1.165) is 12.6 Å². The highest BCUT2D eigenvalue weighted by Crippen LogP contribution is 2.17. The van der Waals surface area contributed by atoms with E-state index >= 15 is 0 Å². The summed E-state index contributed by atoms with van der Waals surface area (Å²) in [4.78, 5) is 3.99. The Morgan fingerprint density at radius 2 is 2.31 bits per heavy atom. The number of thioether (sulfide) groups is 1. The molecule has 0 spiro atoms. The molecule has 1 aromatic heterocycles. The Morgan fingerprint density at radius 3 is 3.00 bits per heavy atom. The molecule has 0 radical (unpaired) electrons. The smallest absolute Gasteiger partial charge is 0.0271 e. The van der Waals surface area contributed by atoms with Crippen LogP contribution in [0.15, 0.2) is 24.5 Å². The Balaban J connectivity index is 1.79. The highest BCUT2D eigenvalue weighted by atomic mass is 32.2. The molecule has 2 rings (SSSR count). The molecule has 0 saturated carbocycles. The number of hydrogen-bond acceptors (Lipinski definition) is 3. The van der Waals surface area contributed by atoms with Gasteiger partial charge < -0.3 is 5.32 Å². The molecule has 1 N–H and O–H groups in total. The van der Waals surface area contributed by atoms with Crippen LogP contribution < -0.4 is 5.32 Å². The topological polar surface area (TPSA) is 24.9 Å². The maximum Gasteiger partial charge on any atom is 0.0271 e. The van der Waals surface area contributed by atoms with Crippen molar-refractivity contribution in [2.45, 2.75) is 19.0 Å². The molecule has 1 saturated heterocycles. The molecule has 0 aliphatic carbocycles. The summed E-state index contributed by atoms with van der Waals surface area (Å²) >= 11 is 2.04. The van der Waals surface area contributed by atoms with Crippen LogP contribution >= 0.6 is 11.8 Å². The van der Waals surface area contributed by atoms with Gasteiger partial charge in [-0.2, -0.15) is 11.8 Å². The molecular weight excluding hydrogens is 180 g/mol. The SMILES string of the molecule is c1cc(CNC2CCSC2)ccn1. The Bertz CT molecular complexity index is 244. The average Bonchev–Trinajstić information content (AvgIpc) is 2.69. The van der Waals surface area contributed by atoms with Gasteiger partial charge in [-0.25, -0.2) is 0 Å². The van der Waals surface area contributed by atoms with Crippen LogP contribution in [0, 0.1) is 0 Å². The third-order valence-electron chi connectivity index (χ3n) is 2.27. The summed E-state index contributed by atoms with van der Waals surface area (Å²) in [5, 5.41) is 3.55. The number of aromatic nitrogens is 1. The second kappa shape index (κ2) is 4.63. The van der Waals surface area contributed by atoms with Crippen molar-refractivity contribution in [3.63, 3.8) is 0 Å². The summed E-state index contributed by atoms with van der Waals surface area (Å²) in [6, 6.07) is 4.85. The summed E-state index contributed by atoms with van der Waals surface area (Å²) in [7, 11) is 0. The third kappa shape index (κ3) is 2.71. The van der Waals surface area contributed by atoms with Crippen molar-refractivity contribution in [1.82, 2.24) is 10.3 Å². The monoisotopic (exact) mass is 194 g/mol. The van der Waals surface area contributed by atoms with E-state index < -0.39 is 0 Å². The summed E-state index contributed by atoms with van der Waals surface area (Å²) < 4.78 is 0. The second-order valence-electron chi connectivity index (χ2n) is 3.30. The van der Waals surface area contributed by atoms with Gasteiger partial charge >= 0.3 is 0 Å². The van der Waals surface area contributed by atoms with Crippen LogP contribution in [0.4, 0.5) is 0 Å². The minimum absolute atomic E-state index is 0.721. The zero-order chi connectivity index (χ0) is 8.93. The lowest BCUT2D eigenvalue weighted by Gasteiger charge is -2.10. The molecule has 1 aliphatic rings. The molecule has 3 heteroatoms. The van der Waals surface area contributed by atoms with Crippen molar-refractivity contribution in [3.8, 4) is 0 Å². The van der Waals surface area contributed by atoms with E-state index in [1.807, 2.05) is 24.2 Å². The molecule has 13 heavy (non-hydrogen) atoms. The summed E-state index contributed by atoms with van der Waals surface area (Å²) in [6.45, 7) is 0.980. The van der Waals surface area contributed by atoms with Crippen molar-refractivity contribution >= 4 is 11.8 Å². The lowest BCUT2D eigenvalue weighted by molar-refractivity contribution is 0.558. The summed E-state index contributed by atoms with van der Waals surface area (Å²) in [5.41, 5.74) is 1.33. The van der Waals surface area contributed by atoms with Gasteiger partial charge in [0.05, 0.1) is 0 Å². The van der Waals surface area contributed by atoms with Crippen LogP contribution in [-0.2, 0) is 6.54 Å². The van der Waals surface area contributed by atoms with E-state index in [0.29, 0.717) is 0 Å². The minimum atomic E-state index is 0.721. The predicted octanol–water partition coefficient (Wildman–Crippen LogP) is 1.68. The maximum absolute atomic E-state index is 3.99. The maximum atomic E-state index is 3.99. The summed E-state index contributed by atoms with van der Waals surface area (Å²) in [5.74, 6) is 2.58. The van der Waals surface area contributed by atoms with E-state index in [1.165, 1.54) is 23.5 Å². The van der Waals surface area contributed by atoms with Crippen LogP contribution in [0.5, 0.6) is 0 Å². The van der Waals surface area contributed by atoms with Gasteiger partial charge in [0.2, 0.25) is 0 Å². The zero-order valence-electron chi connectivity index (χ0n) is 7.57.